The molecule has 0 radical (unpaired) electrons. The number of nitrogens with zero attached hydrogens (tertiary/aromatic N) is 1. The molecule has 0 unspecified atom stereocenters. The van der Waals surface area contributed by atoms with Crippen molar-refractivity contribution >= 4 is 23.4 Å². The van der Waals surface area contributed by atoms with E-state index >= 15 is 0 Å². The zero-order valence-corrected chi connectivity index (χ0v) is 10.3. The summed E-state index contributed by atoms with van der Waals surface area (Å²) in [7, 11) is 0. The van der Waals surface area contributed by atoms with Crippen molar-refractivity contribution in [2.75, 3.05) is 30.5 Å². The van der Waals surface area contributed by atoms with Crippen LogP contribution in [0.1, 0.15) is 25.7 Å². The van der Waals surface area contributed by atoms with Crippen molar-refractivity contribution in [2.45, 2.75) is 31.7 Å². The first-order valence-corrected chi connectivity index (χ1v) is 7.47. The van der Waals surface area contributed by atoms with Crippen LogP contribution in [0.25, 0.3) is 0 Å². The molecule has 1 atom stereocenters. The Kier molecular flexibility index (Phi) is 4.45. The highest BCUT2D eigenvalue weighted by atomic mass is 35.5. The lowest BCUT2D eigenvalue weighted by molar-refractivity contribution is 0.124. The van der Waals surface area contributed by atoms with Crippen molar-refractivity contribution in [1.29, 1.82) is 0 Å². The highest BCUT2D eigenvalue weighted by Gasteiger charge is 2.26. The molecule has 0 aromatic rings. The molecule has 1 nitrogen and oxygen atoms in total. The largest absolute Gasteiger partial charge is 0.300 e. The van der Waals surface area contributed by atoms with Gasteiger partial charge in [0, 0.05) is 18.5 Å². The number of likely N-dealkylation sites (tertiary alicyclic amines) is 1. The molecule has 0 spiro atoms. The molecular formula is C11H20ClNS. The molecular weight excluding hydrogens is 214 g/mol. The summed E-state index contributed by atoms with van der Waals surface area (Å²) in [6.07, 6.45) is 5.52. The maximum absolute atomic E-state index is 5.95. The van der Waals surface area contributed by atoms with Crippen LogP contribution in [0.5, 0.6) is 0 Å². The van der Waals surface area contributed by atoms with Crippen molar-refractivity contribution in [3.8, 4) is 0 Å². The van der Waals surface area contributed by atoms with Crippen LogP contribution in [-0.2, 0) is 0 Å². The number of hydrogen-bond donors (Lipinski definition) is 0. The van der Waals surface area contributed by atoms with Crippen LogP contribution in [0.4, 0.5) is 0 Å². The molecule has 2 aliphatic heterocycles. The quantitative estimate of drug-likeness (QED) is 0.675. The van der Waals surface area contributed by atoms with Crippen LogP contribution in [0.3, 0.4) is 0 Å². The van der Waals surface area contributed by atoms with Gasteiger partial charge in [0.1, 0.15) is 0 Å². The molecule has 2 saturated heterocycles. The van der Waals surface area contributed by atoms with E-state index in [-0.39, 0.29) is 0 Å². The summed E-state index contributed by atoms with van der Waals surface area (Å²) >= 11 is 8.07. The molecule has 2 aliphatic rings. The lowest BCUT2D eigenvalue weighted by Gasteiger charge is -2.39. The van der Waals surface area contributed by atoms with E-state index in [9.17, 15) is 0 Å². The zero-order chi connectivity index (χ0) is 9.80. The molecule has 3 heteroatoms. The second-order valence-corrected chi connectivity index (χ2v) is 6.03. The van der Waals surface area contributed by atoms with E-state index in [0.717, 1.165) is 17.8 Å². The average molecular weight is 234 g/mol. The van der Waals surface area contributed by atoms with Gasteiger partial charge in [0.15, 0.2) is 0 Å². The molecule has 2 fully saturated rings. The molecule has 82 valence electrons. The molecule has 0 bridgehead atoms. The monoisotopic (exact) mass is 233 g/mol. The first kappa shape index (κ1) is 11.1. The Morgan fingerprint density at radius 1 is 1.21 bits per heavy atom. The first-order chi connectivity index (χ1) is 6.90. The van der Waals surface area contributed by atoms with Crippen LogP contribution in [-0.4, -0.2) is 41.4 Å². The molecule has 2 rings (SSSR count). The van der Waals surface area contributed by atoms with Crippen molar-refractivity contribution in [2.24, 2.45) is 5.92 Å². The van der Waals surface area contributed by atoms with E-state index in [0.29, 0.717) is 0 Å². The summed E-state index contributed by atoms with van der Waals surface area (Å²) in [5.41, 5.74) is 0. The lowest BCUT2D eigenvalue weighted by atomic mass is 9.97. The topological polar surface area (TPSA) is 3.24 Å². The Labute approximate surface area is 96.6 Å². The predicted molar refractivity (Wildman–Crippen MR) is 65.4 cm³/mol. The van der Waals surface area contributed by atoms with Crippen LogP contribution in [0.2, 0.25) is 0 Å². The van der Waals surface area contributed by atoms with Gasteiger partial charge in [-0.15, -0.1) is 11.6 Å². The van der Waals surface area contributed by atoms with E-state index in [1.807, 2.05) is 0 Å². The molecule has 0 aromatic carbocycles. The summed E-state index contributed by atoms with van der Waals surface area (Å²) in [6.45, 7) is 2.58. The number of thioether (sulfide) groups is 1. The van der Waals surface area contributed by atoms with Gasteiger partial charge >= 0.3 is 0 Å². The lowest BCUT2D eigenvalue weighted by Crippen LogP contribution is -2.44. The molecule has 0 aliphatic carbocycles. The average Bonchev–Trinajstić information content (AvgIpc) is 2.30. The van der Waals surface area contributed by atoms with Gasteiger partial charge in [-0.2, -0.15) is 11.8 Å². The molecule has 0 saturated carbocycles. The van der Waals surface area contributed by atoms with Gasteiger partial charge in [0.05, 0.1) is 0 Å². The Hall–Kier alpha value is 0.600. The van der Waals surface area contributed by atoms with E-state index in [1.54, 1.807) is 0 Å². The fourth-order valence-corrected chi connectivity index (χ4v) is 3.94. The maximum atomic E-state index is 5.95. The first-order valence-electron chi connectivity index (χ1n) is 5.78. The van der Waals surface area contributed by atoms with E-state index < -0.39 is 0 Å². The smallest absolute Gasteiger partial charge is 0.0263 e. The Balaban J connectivity index is 1.83. The van der Waals surface area contributed by atoms with Crippen molar-refractivity contribution in [3.05, 3.63) is 0 Å². The van der Waals surface area contributed by atoms with Crippen LogP contribution >= 0.6 is 23.4 Å². The van der Waals surface area contributed by atoms with Crippen molar-refractivity contribution in [3.63, 3.8) is 0 Å². The van der Waals surface area contributed by atoms with Crippen molar-refractivity contribution < 1.29 is 0 Å². The third-order valence-electron chi connectivity index (χ3n) is 3.48. The van der Waals surface area contributed by atoms with Gasteiger partial charge in [-0.25, -0.2) is 0 Å². The number of hydrogen-bond acceptors (Lipinski definition) is 2. The van der Waals surface area contributed by atoms with Crippen molar-refractivity contribution in [1.82, 2.24) is 4.90 Å². The SMILES string of the molecule is ClC[C@@H]1CCCN(C2CCSCC2)C1. The fraction of sp³-hybridized carbons (Fsp3) is 1.00. The molecule has 2 heterocycles. The molecule has 0 N–H and O–H groups in total. The second kappa shape index (κ2) is 5.62. The second-order valence-electron chi connectivity index (χ2n) is 4.50. The third kappa shape index (κ3) is 2.80. The summed E-state index contributed by atoms with van der Waals surface area (Å²) < 4.78 is 0. The minimum atomic E-state index is 0.764. The zero-order valence-electron chi connectivity index (χ0n) is 8.75. The highest BCUT2D eigenvalue weighted by molar-refractivity contribution is 7.99. The fourth-order valence-electron chi connectivity index (χ4n) is 2.61. The van der Waals surface area contributed by atoms with Gasteiger partial charge in [0.2, 0.25) is 0 Å². The predicted octanol–water partition coefficient (Wildman–Crippen LogP) is 2.83. The standard InChI is InChI=1S/C11H20ClNS/c12-8-10-2-1-5-13(9-10)11-3-6-14-7-4-11/h10-11H,1-9H2/t10-/m0/s1. The van der Waals surface area contributed by atoms with Crippen LogP contribution in [0, 0.1) is 5.92 Å². The minimum absolute atomic E-state index is 0.764. The summed E-state index contributed by atoms with van der Waals surface area (Å²) in [5, 5.41) is 0. The normalized spacial score (nSPS) is 31.9. The van der Waals surface area contributed by atoms with Gasteiger partial charge < -0.3 is 4.90 Å². The maximum Gasteiger partial charge on any atom is 0.0263 e. The number of halogens is 1. The number of rotatable bonds is 2. The molecule has 0 aromatic heterocycles. The van der Waals surface area contributed by atoms with E-state index in [2.05, 4.69) is 16.7 Å². The van der Waals surface area contributed by atoms with Crippen LogP contribution < -0.4 is 0 Å². The number of piperidine rings is 1. The third-order valence-corrected chi connectivity index (χ3v) is 4.96. The minimum Gasteiger partial charge on any atom is -0.300 e. The van der Waals surface area contributed by atoms with Gasteiger partial charge in [0.25, 0.3) is 0 Å². The van der Waals surface area contributed by atoms with Gasteiger partial charge in [-0.05, 0) is 49.7 Å². The summed E-state index contributed by atoms with van der Waals surface area (Å²) in [6, 6.07) is 0.877. The summed E-state index contributed by atoms with van der Waals surface area (Å²) in [5.74, 6) is 4.36. The van der Waals surface area contributed by atoms with Crippen LogP contribution in [0.15, 0.2) is 0 Å². The van der Waals surface area contributed by atoms with Gasteiger partial charge in [-0.1, -0.05) is 0 Å². The Morgan fingerprint density at radius 3 is 2.71 bits per heavy atom. The number of alkyl halides is 1. The Morgan fingerprint density at radius 2 is 2.00 bits per heavy atom. The summed E-state index contributed by atoms with van der Waals surface area (Å²) in [4.78, 5) is 2.70. The molecule has 14 heavy (non-hydrogen) atoms. The molecule has 0 amide bonds. The van der Waals surface area contributed by atoms with Gasteiger partial charge in [-0.3, -0.25) is 0 Å². The highest BCUT2D eigenvalue weighted by Crippen LogP contribution is 2.26. The Bertz CT molecular complexity index is 171. The van der Waals surface area contributed by atoms with E-state index in [1.165, 1.54) is 50.3 Å². The van der Waals surface area contributed by atoms with E-state index in [4.69, 9.17) is 11.6 Å².